The molecule has 3 N–H and O–H groups in total. The molecule has 0 aliphatic heterocycles. The number of amides is 5. The Balaban J connectivity index is 1.88. The van der Waals surface area contributed by atoms with Crippen LogP contribution in [0.5, 0.6) is 0 Å². The summed E-state index contributed by atoms with van der Waals surface area (Å²) in [6, 6.07) is 14.5. The minimum absolute atomic E-state index is 0.0242. The number of likely N-dealkylation sites (N-methyl/N-ethyl adjacent to an activating group) is 1. The van der Waals surface area contributed by atoms with E-state index >= 15 is 0 Å². The summed E-state index contributed by atoms with van der Waals surface area (Å²) in [5, 5.41) is 24.7. The number of carbonyl (C=O) groups excluding carboxylic acids is 5. The van der Waals surface area contributed by atoms with Crippen molar-refractivity contribution in [2.24, 2.45) is 5.92 Å². The zero-order valence-electron chi connectivity index (χ0n) is 32.2. The fraction of sp³-hybridized carbons (Fsp3) is 0.513. The molecule has 4 atom stereocenters. The smallest absolute Gasteiger partial charge is 0.408 e. The van der Waals surface area contributed by atoms with E-state index in [9.17, 15) is 29.1 Å². The van der Waals surface area contributed by atoms with Gasteiger partial charge >= 0.3 is 18.1 Å². The first-order chi connectivity index (χ1) is 25.7. The van der Waals surface area contributed by atoms with Crippen LogP contribution in [-0.2, 0) is 30.5 Å². The summed E-state index contributed by atoms with van der Waals surface area (Å²) in [6.45, 7) is 12.0. The number of hydrogen-bond acceptors (Lipinski definition) is 11. The molecule has 3 aromatic rings. The molecule has 0 aliphatic carbocycles. The summed E-state index contributed by atoms with van der Waals surface area (Å²) in [5.74, 6) is -2.68. The number of hydrogen-bond donors (Lipinski definition) is 3. The monoisotopic (exact) mass is 750 g/mol. The van der Waals surface area contributed by atoms with Gasteiger partial charge in [-0.15, -0.1) is 10.2 Å². The van der Waals surface area contributed by atoms with Gasteiger partial charge in [0.2, 0.25) is 18.0 Å². The zero-order valence-corrected chi connectivity index (χ0v) is 32.2. The quantitative estimate of drug-likeness (QED) is 0.106. The Hall–Kier alpha value is -5.31. The number of ether oxygens (including phenoxy) is 2. The summed E-state index contributed by atoms with van der Waals surface area (Å²) in [4.78, 5) is 69.9. The van der Waals surface area contributed by atoms with Gasteiger partial charge in [0.05, 0.1) is 0 Å². The van der Waals surface area contributed by atoms with Gasteiger partial charge in [0.1, 0.15) is 24.3 Å². The molecule has 294 valence electrons. The first-order valence-electron chi connectivity index (χ1n) is 18.4. The molecule has 0 saturated carbocycles. The third kappa shape index (κ3) is 13.0. The zero-order chi connectivity index (χ0) is 39.8. The van der Waals surface area contributed by atoms with E-state index in [-0.39, 0.29) is 44.3 Å². The first-order valence-corrected chi connectivity index (χ1v) is 18.4. The molecular formula is C39H54N6O9. The number of rotatable bonds is 18. The van der Waals surface area contributed by atoms with Crippen molar-refractivity contribution in [3.8, 4) is 11.5 Å². The van der Waals surface area contributed by atoms with Gasteiger partial charge in [0.15, 0.2) is 0 Å². The van der Waals surface area contributed by atoms with Gasteiger partial charge in [-0.25, -0.2) is 9.59 Å². The van der Waals surface area contributed by atoms with Crippen molar-refractivity contribution in [2.75, 3.05) is 13.1 Å². The third-order valence-electron chi connectivity index (χ3n) is 8.44. The highest BCUT2D eigenvalue weighted by molar-refractivity contribution is 5.99. The second-order valence-corrected chi connectivity index (χ2v) is 13.9. The van der Waals surface area contributed by atoms with E-state index in [0.29, 0.717) is 24.8 Å². The van der Waals surface area contributed by atoms with Crippen molar-refractivity contribution in [3.05, 3.63) is 72.1 Å². The summed E-state index contributed by atoms with van der Waals surface area (Å²) in [5.41, 5.74) is 0.559. The average Bonchev–Trinajstić information content (AvgIpc) is 3.65. The fourth-order valence-electron chi connectivity index (χ4n) is 5.32. The maximum atomic E-state index is 14.3. The molecule has 54 heavy (non-hydrogen) atoms. The number of carbonyl (C=O) groups is 5. The Morgan fingerprint density at radius 1 is 0.926 bits per heavy atom. The van der Waals surface area contributed by atoms with Crippen molar-refractivity contribution in [1.29, 1.82) is 0 Å². The minimum Gasteiger partial charge on any atom is -0.460 e. The number of aromatic nitrogens is 2. The standard InChI is InChI=1S/C39H54N6O9/c1-8-11-24-45(36(49)34-43-42-33(53-34)28-20-16-13-17-21-28)38(51)44(10-3)35(48)29(22-23-30(46)54-39(5,6)7)40-32(47)31(26(4)9-2)41-37(50)52-25-27-18-14-12-15-19-27/h12-21,26,29,31,36,49H,8-11,22-25H2,1-7H3,(H,40,47)(H,41,50). The molecule has 15 heteroatoms. The molecule has 4 unspecified atom stereocenters. The predicted molar refractivity (Wildman–Crippen MR) is 199 cm³/mol. The van der Waals surface area contributed by atoms with Crippen LogP contribution in [0.25, 0.3) is 11.5 Å². The van der Waals surface area contributed by atoms with E-state index in [1.807, 2.05) is 26.0 Å². The number of urea groups is 1. The van der Waals surface area contributed by atoms with Crippen molar-refractivity contribution in [2.45, 2.75) is 111 Å². The summed E-state index contributed by atoms with van der Waals surface area (Å²) >= 11 is 0. The van der Waals surface area contributed by atoms with Crippen LogP contribution in [0.4, 0.5) is 9.59 Å². The summed E-state index contributed by atoms with van der Waals surface area (Å²) < 4.78 is 16.5. The molecule has 0 radical (unpaired) electrons. The molecular weight excluding hydrogens is 696 g/mol. The van der Waals surface area contributed by atoms with Crippen molar-refractivity contribution < 1.29 is 43.0 Å². The van der Waals surface area contributed by atoms with Crippen LogP contribution in [0, 0.1) is 5.92 Å². The molecule has 0 fully saturated rings. The van der Waals surface area contributed by atoms with Crippen LogP contribution in [0.15, 0.2) is 65.1 Å². The minimum atomic E-state index is -1.70. The van der Waals surface area contributed by atoms with Crippen molar-refractivity contribution in [1.82, 2.24) is 30.6 Å². The Bertz CT molecular complexity index is 1660. The number of nitrogens with one attached hydrogen (secondary N) is 2. The Morgan fingerprint density at radius 2 is 1.57 bits per heavy atom. The molecule has 0 bridgehead atoms. The molecule has 1 heterocycles. The summed E-state index contributed by atoms with van der Waals surface area (Å²) in [6.07, 6.45) is -1.43. The first kappa shape index (κ1) is 43.1. The van der Waals surface area contributed by atoms with E-state index in [1.54, 1.807) is 83.1 Å². The van der Waals surface area contributed by atoms with Gasteiger partial charge < -0.3 is 29.6 Å². The van der Waals surface area contributed by atoms with Crippen LogP contribution < -0.4 is 10.6 Å². The lowest BCUT2D eigenvalue weighted by Crippen LogP contribution is -2.58. The lowest BCUT2D eigenvalue weighted by molar-refractivity contribution is -0.155. The number of esters is 1. The average molecular weight is 751 g/mol. The fourth-order valence-corrected chi connectivity index (χ4v) is 5.32. The van der Waals surface area contributed by atoms with Crippen LogP contribution in [0.1, 0.15) is 98.3 Å². The van der Waals surface area contributed by atoms with Gasteiger partial charge in [-0.05, 0) is 64.2 Å². The number of aliphatic hydroxyl groups is 1. The molecule has 2 aromatic carbocycles. The largest absolute Gasteiger partial charge is 0.460 e. The number of unbranched alkanes of at least 4 members (excludes halogenated alkanes) is 1. The second-order valence-electron chi connectivity index (χ2n) is 13.9. The van der Waals surface area contributed by atoms with Crippen molar-refractivity contribution >= 4 is 29.9 Å². The van der Waals surface area contributed by atoms with E-state index in [1.165, 1.54) is 0 Å². The highest BCUT2D eigenvalue weighted by atomic mass is 16.6. The molecule has 3 rings (SSSR count). The molecule has 0 aliphatic rings. The van der Waals surface area contributed by atoms with E-state index in [4.69, 9.17) is 13.9 Å². The number of aliphatic hydroxyl groups excluding tert-OH is 1. The lowest BCUT2D eigenvalue weighted by atomic mass is 9.97. The van der Waals surface area contributed by atoms with Gasteiger partial charge in [0.25, 0.3) is 11.8 Å². The highest BCUT2D eigenvalue weighted by Gasteiger charge is 2.38. The van der Waals surface area contributed by atoms with E-state index in [2.05, 4.69) is 20.8 Å². The predicted octanol–water partition coefficient (Wildman–Crippen LogP) is 5.75. The van der Waals surface area contributed by atoms with Crippen LogP contribution in [0.2, 0.25) is 0 Å². The Kier molecular flexibility index (Phi) is 16.6. The van der Waals surface area contributed by atoms with Gasteiger partial charge in [-0.1, -0.05) is 82.1 Å². The SMILES string of the molecule is CCCCN(C(=O)N(CC)C(=O)C(CCC(=O)OC(C)(C)C)NC(=O)C(NC(=O)OCc1ccccc1)C(C)CC)C(O)c1nnc(-c2ccccc2)o1. The normalized spacial score (nSPS) is 13.5. The molecule has 15 nitrogen and oxygen atoms in total. The second kappa shape index (κ2) is 20.8. The van der Waals surface area contributed by atoms with Crippen LogP contribution in [-0.4, -0.2) is 85.8 Å². The Labute approximate surface area is 316 Å². The van der Waals surface area contributed by atoms with Crippen LogP contribution in [0.3, 0.4) is 0 Å². The molecule has 0 spiro atoms. The van der Waals surface area contributed by atoms with E-state index < -0.39 is 59.7 Å². The molecule has 1 aromatic heterocycles. The third-order valence-corrected chi connectivity index (χ3v) is 8.44. The van der Waals surface area contributed by atoms with Gasteiger partial charge in [-0.3, -0.25) is 24.2 Å². The number of nitrogens with zero attached hydrogens (tertiary/aromatic N) is 4. The number of alkyl carbamates (subject to hydrolysis) is 1. The van der Waals surface area contributed by atoms with Crippen LogP contribution >= 0.6 is 0 Å². The number of imide groups is 1. The maximum Gasteiger partial charge on any atom is 0.408 e. The number of benzene rings is 2. The van der Waals surface area contributed by atoms with Gasteiger partial charge in [0, 0.05) is 25.1 Å². The lowest BCUT2D eigenvalue weighted by Gasteiger charge is -2.33. The maximum absolute atomic E-state index is 14.3. The van der Waals surface area contributed by atoms with E-state index in [0.717, 1.165) is 15.4 Å². The topological polar surface area (TPSA) is 193 Å². The van der Waals surface area contributed by atoms with Crippen molar-refractivity contribution in [3.63, 3.8) is 0 Å². The molecule has 0 saturated heterocycles. The summed E-state index contributed by atoms with van der Waals surface area (Å²) in [7, 11) is 0. The Morgan fingerprint density at radius 3 is 2.17 bits per heavy atom. The highest BCUT2D eigenvalue weighted by Crippen LogP contribution is 2.24. The molecule has 5 amide bonds. The van der Waals surface area contributed by atoms with Gasteiger partial charge in [-0.2, -0.15) is 0 Å².